The van der Waals surface area contributed by atoms with Crippen LogP contribution in [0.2, 0.25) is 0 Å². The van der Waals surface area contributed by atoms with Crippen molar-refractivity contribution in [2.45, 2.75) is 0 Å². The van der Waals surface area contributed by atoms with Crippen molar-refractivity contribution in [1.29, 1.82) is 0 Å². The summed E-state index contributed by atoms with van der Waals surface area (Å²) in [6.07, 6.45) is 0. The lowest BCUT2D eigenvalue weighted by Crippen LogP contribution is -1.95. The summed E-state index contributed by atoms with van der Waals surface area (Å²) >= 11 is 0. The van der Waals surface area contributed by atoms with Gasteiger partial charge in [0.05, 0.1) is 31.7 Å². The zero-order chi connectivity index (χ0) is 43.1. The van der Waals surface area contributed by atoms with Crippen LogP contribution < -0.4 is 0 Å². The first kappa shape index (κ1) is 25.6. The lowest BCUT2D eigenvalue weighted by Gasteiger charge is -2.13. The maximum absolute atomic E-state index is 9.88. The molecule has 0 aliphatic heterocycles. The maximum Gasteiger partial charge on any atom is 0.0645 e. The van der Waals surface area contributed by atoms with Crippen LogP contribution >= 0.6 is 0 Å². The van der Waals surface area contributed by atoms with Crippen molar-refractivity contribution < 1.29 is 9.60 Å². The van der Waals surface area contributed by atoms with Crippen molar-refractivity contribution in [3.8, 4) is 55.9 Å². The molecule has 0 radical (unpaired) electrons. The molecule has 0 spiro atoms. The van der Waals surface area contributed by atoms with Gasteiger partial charge in [-0.3, -0.25) is 0 Å². The zero-order valence-corrected chi connectivity index (χ0v) is 30.1. The van der Waals surface area contributed by atoms with Gasteiger partial charge in [0.15, 0.2) is 0 Å². The first-order chi connectivity index (χ1) is 30.7. The highest BCUT2D eigenvalue weighted by atomic mass is 15.0. The third-order valence-electron chi connectivity index (χ3n) is 10.8. The molecule has 2 heteroatoms. The fourth-order valence-corrected chi connectivity index (χ4v) is 8.15. The first-order valence-corrected chi connectivity index (χ1v) is 18.7. The molecular formula is C54H36N2. The Morgan fingerprint density at radius 2 is 0.911 bits per heavy atom. The molecule has 2 heterocycles. The quantitative estimate of drug-likeness (QED) is 0.162. The zero-order valence-electron chi connectivity index (χ0n) is 37.1. The van der Waals surface area contributed by atoms with Crippen LogP contribution in [0, 0.1) is 0 Å². The smallest absolute Gasteiger partial charge is 0.0645 e. The molecule has 0 aliphatic rings. The van der Waals surface area contributed by atoms with E-state index < -0.39 is 12.1 Å². The highest BCUT2D eigenvalue weighted by molar-refractivity contribution is 6.15. The molecule has 0 saturated carbocycles. The van der Waals surface area contributed by atoms with E-state index in [1.54, 1.807) is 4.57 Å². The number of para-hydroxylation sites is 3. The van der Waals surface area contributed by atoms with Gasteiger partial charge in [0, 0.05) is 38.5 Å². The van der Waals surface area contributed by atoms with Crippen LogP contribution in [0.4, 0.5) is 0 Å². The topological polar surface area (TPSA) is 9.86 Å². The molecule has 56 heavy (non-hydrogen) atoms. The van der Waals surface area contributed by atoms with E-state index in [0.29, 0.717) is 11.3 Å². The van der Waals surface area contributed by atoms with Gasteiger partial charge in [-0.1, -0.05) is 158 Å². The number of hydrogen-bond acceptors (Lipinski definition) is 0. The van der Waals surface area contributed by atoms with Crippen LogP contribution in [-0.4, -0.2) is 9.13 Å². The Balaban J connectivity index is 1.17. The van der Waals surface area contributed by atoms with Crippen LogP contribution in [-0.2, 0) is 0 Å². The van der Waals surface area contributed by atoms with Gasteiger partial charge in [0.1, 0.15) is 0 Å². The fraction of sp³-hybridized carbons (Fsp3) is 0. The minimum atomic E-state index is -0.423. The summed E-state index contributed by atoms with van der Waals surface area (Å²) in [4.78, 5) is 0. The molecular weight excluding hydrogens is 677 g/mol. The fourth-order valence-electron chi connectivity index (χ4n) is 8.15. The van der Waals surface area contributed by atoms with Crippen molar-refractivity contribution in [2.24, 2.45) is 0 Å². The number of rotatable bonds is 6. The second kappa shape index (κ2) is 13.2. The van der Waals surface area contributed by atoms with Crippen LogP contribution in [0.1, 0.15) is 9.60 Å². The molecule has 2 nitrogen and oxygen atoms in total. The number of nitrogens with zero attached hydrogens (tertiary/aromatic N) is 2. The standard InChI is InChI=1S/C54H36N2/c1-4-14-37(15-5-1)39-26-30-45(31-27-39)55-51-25-11-10-22-47(51)49-35-41(28-32-52(49)55)42-29-33-53-50(36-42)48-24-13-23-46(54(48)56(53)44-20-8-3-9-21-44)43-19-12-18-40(34-43)38-16-6-2-7-17-38/h1-36H/i10D,11D,22D,25D,28D,32D,35D. The van der Waals surface area contributed by atoms with Crippen molar-refractivity contribution >= 4 is 43.6 Å². The second-order valence-electron chi connectivity index (χ2n) is 14.0. The van der Waals surface area contributed by atoms with E-state index in [0.717, 1.165) is 60.9 Å². The van der Waals surface area contributed by atoms with Crippen LogP contribution in [0.15, 0.2) is 218 Å². The largest absolute Gasteiger partial charge is 0.309 e. The van der Waals surface area contributed by atoms with Gasteiger partial charge in [-0.15, -0.1) is 0 Å². The molecule has 11 aromatic rings. The molecule has 0 atom stereocenters. The van der Waals surface area contributed by atoms with Crippen molar-refractivity contribution in [1.82, 2.24) is 9.13 Å². The van der Waals surface area contributed by atoms with E-state index in [4.69, 9.17) is 5.48 Å². The molecule has 0 unspecified atom stereocenters. The number of fused-ring (bicyclic) bond motifs is 6. The second-order valence-corrected chi connectivity index (χ2v) is 14.0. The van der Waals surface area contributed by atoms with Crippen LogP contribution in [0.5, 0.6) is 0 Å². The number of aromatic nitrogens is 2. The average Bonchev–Trinajstić information content (AvgIpc) is 3.87. The minimum absolute atomic E-state index is 0.0785. The third-order valence-corrected chi connectivity index (χ3v) is 10.8. The molecule has 262 valence electrons. The molecule has 0 amide bonds. The molecule has 2 aromatic heterocycles. The highest BCUT2D eigenvalue weighted by Gasteiger charge is 2.19. The van der Waals surface area contributed by atoms with Crippen LogP contribution in [0.3, 0.4) is 0 Å². The van der Waals surface area contributed by atoms with E-state index in [9.17, 15) is 4.11 Å². The lowest BCUT2D eigenvalue weighted by atomic mass is 9.97. The molecule has 0 aliphatic carbocycles. The van der Waals surface area contributed by atoms with E-state index >= 15 is 0 Å². The Hall–Kier alpha value is -7.42. The van der Waals surface area contributed by atoms with Gasteiger partial charge in [0.2, 0.25) is 0 Å². The summed E-state index contributed by atoms with van der Waals surface area (Å²) in [5.74, 6) is 0. The minimum Gasteiger partial charge on any atom is -0.309 e. The predicted molar refractivity (Wildman–Crippen MR) is 237 cm³/mol. The summed E-state index contributed by atoms with van der Waals surface area (Å²) in [5.41, 5.74) is 10.9. The molecule has 0 saturated heterocycles. The van der Waals surface area contributed by atoms with Crippen molar-refractivity contribution in [3.63, 3.8) is 0 Å². The first-order valence-electron chi connectivity index (χ1n) is 22.2. The lowest BCUT2D eigenvalue weighted by molar-refractivity contribution is 1.18. The van der Waals surface area contributed by atoms with E-state index in [2.05, 4.69) is 71.3 Å². The Kier molecular flexibility index (Phi) is 6.01. The molecule has 0 N–H and O–H groups in total. The predicted octanol–water partition coefficient (Wildman–Crippen LogP) is 14.5. The SMILES string of the molecule is [2H]c1c([2H])c([2H])c2c(c1[2H])c1c([2H])c(-c3ccc4c(c3)c3cccc(-c5cccc(-c6ccccc6)c5)c3n4-c3ccccc3)c([2H])c([2H])c1n2-c1ccc(-c2ccccc2)cc1. The van der Waals surface area contributed by atoms with E-state index in [-0.39, 0.29) is 57.6 Å². The molecule has 9 aromatic carbocycles. The normalized spacial score (nSPS) is 13.3. The summed E-state index contributed by atoms with van der Waals surface area (Å²) in [5, 5.41) is 2.23. The summed E-state index contributed by atoms with van der Waals surface area (Å²) < 4.78 is 68.6. The molecule has 11 rings (SSSR count). The Bertz CT molecular complexity index is 3620. The highest BCUT2D eigenvalue weighted by Crippen LogP contribution is 2.41. The summed E-state index contributed by atoms with van der Waals surface area (Å²) in [6, 6.07) is 56.9. The number of hydrogen-bond donors (Lipinski definition) is 0. The third kappa shape index (κ3) is 5.26. The van der Waals surface area contributed by atoms with Gasteiger partial charge in [0.25, 0.3) is 0 Å². The Labute approximate surface area is 335 Å². The van der Waals surface area contributed by atoms with E-state index in [1.807, 2.05) is 109 Å². The summed E-state index contributed by atoms with van der Waals surface area (Å²) in [7, 11) is 0. The Morgan fingerprint density at radius 1 is 0.321 bits per heavy atom. The van der Waals surface area contributed by atoms with Crippen molar-refractivity contribution in [2.75, 3.05) is 0 Å². The molecule has 0 bridgehead atoms. The Morgan fingerprint density at radius 3 is 1.70 bits per heavy atom. The van der Waals surface area contributed by atoms with E-state index in [1.165, 1.54) is 0 Å². The number of benzene rings is 9. The maximum atomic E-state index is 9.88. The van der Waals surface area contributed by atoms with Gasteiger partial charge < -0.3 is 9.13 Å². The average molecular weight is 720 g/mol. The summed E-state index contributed by atoms with van der Waals surface area (Å²) in [6.45, 7) is 0. The van der Waals surface area contributed by atoms with Crippen LogP contribution in [0.25, 0.3) is 99.5 Å². The van der Waals surface area contributed by atoms with Gasteiger partial charge in [-0.2, -0.15) is 0 Å². The van der Waals surface area contributed by atoms with Gasteiger partial charge >= 0.3 is 0 Å². The van der Waals surface area contributed by atoms with Gasteiger partial charge in [-0.05, 0) is 99.5 Å². The monoisotopic (exact) mass is 719 g/mol. The van der Waals surface area contributed by atoms with Crippen molar-refractivity contribution in [3.05, 3.63) is 218 Å². The molecule has 0 fully saturated rings. The van der Waals surface area contributed by atoms with Gasteiger partial charge in [-0.25, -0.2) is 0 Å².